The summed E-state index contributed by atoms with van der Waals surface area (Å²) in [5, 5.41) is 2.67. The molecule has 0 bridgehead atoms. The summed E-state index contributed by atoms with van der Waals surface area (Å²) in [6.07, 6.45) is 1.29. The molecule has 2 rings (SSSR count). The van der Waals surface area contributed by atoms with E-state index in [1.165, 1.54) is 6.20 Å². The lowest BCUT2D eigenvalue weighted by Crippen LogP contribution is -2.38. The standard InChI is InChI=1S/C15H17N3O3/c1-10(9-21-2)17-14(19)12-8-16-13(18-15(12)20)11-6-4-3-5-7-11/h3-8,10H,9H2,1-2H3,(H,17,19)(H,16,18,20)/t10-/m1/s1. The van der Waals surface area contributed by atoms with E-state index in [2.05, 4.69) is 15.3 Å². The molecule has 1 aromatic carbocycles. The summed E-state index contributed by atoms with van der Waals surface area (Å²) in [6.45, 7) is 2.17. The summed E-state index contributed by atoms with van der Waals surface area (Å²) in [7, 11) is 1.55. The van der Waals surface area contributed by atoms with Gasteiger partial charge < -0.3 is 15.0 Å². The van der Waals surface area contributed by atoms with Gasteiger partial charge in [0.05, 0.1) is 6.61 Å². The Morgan fingerprint density at radius 2 is 2.10 bits per heavy atom. The van der Waals surface area contributed by atoms with Crippen molar-refractivity contribution in [2.75, 3.05) is 13.7 Å². The lowest BCUT2D eigenvalue weighted by molar-refractivity contribution is 0.0903. The number of aromatic amines is 1. The minimum Gasteiger partial charge on any atom is -0.383 e. The van der Waals surface area contributed by atoms with Crippen LogP contribution in [-0.2, 0) is 4.74 Å². The highest BCUT2D eigenvalue weighted by atomic mass is 16.5. The SMILES string of the molecule is COC[C@@H](C)NC(=O)c1cnc(-c2ccccc2)[nH]c1=O. The van der Waals surface area contributed by atoms with Gasteiger partial charge in [0.1, 0.15) is 11.4 Å². The van der Waals surface area contributed by atoms with E-state index in [0.717, 1.165) is 5.56 Å². The first-order valence-electron chi connectivity index (χ1n) is 6.56. The van der Waals surface area contributed by atoms with Crippen molar-refractivity contribution >= 4 is 5.91 Å². The number of ether oxygens (including phenoxy) is 1. The predicted octanol–water partition coefficient (Wildman–Crippen LogP) is 1.20. The Labute approximate surface area is 122 Å². The minimum atomic E-state index is -0.467. The maximum absolute atomic E-state index is 12.0. The Balaban J connectivity index is 2.20. The number of carbonyl (C=O) groups is 1. The molecule has 0 spiro atoms. The first kappa shape index (κ1) is 14.9. The van der Waals surface area contributed by atoms with Crippen LogP contribution in [0.1, 0.15) is 17.3 Å². The van der Waals surface area contributed by atoms with Crippen LogP contribution >= 0.6 is 0 Å². The van der Waals surface area contributed by atoms with Crippen LogP contribution in [0.2, 0.25) is 0 Å². The number of methoxy groups -OCH3 is 1. The van der Waals surface area contributed by atoms with E-state index in [4.69, 9.17) is 4.74 Å². The number of H-pyrrole nitrogens is 1. The highest BCUT2D eigenvalue weighted by Gasteiger charge is 2.14. The molecule has 110 valence electrons. The van der Waals surface area contributed by atoms with Gasteiger partial charge in [-0.15, -0.1) is 0 Å². The van der Waals surface area contributed by atoms with Crippen LogP contribution in [0.25, 0.3) is 11.4 Å². The first-order chi connectivity index (χ1) is 10.1. The second-order valence-corrected chi connectivity index (χ2v) is 4.67. The topological polar surface area (TPSA) is 84.1 Å². The van der Waals surface area contributed by atoms with Gasteiger partial charge in [0.2, 0.25) is 0 Å². The molecule has 1 amide bonds. The van der Waals surface area contributed by atoms with Crippen LogP contribution in [0.5, 0.6) is 0 Å². The molecule has 0 aliphatic carbocycles. The van der Waals surface area contributed by atoms with E-state index in [1.807, 2.05) is 30.3 Å². The van der Waals surface area contributed by atoms with E-state index in [-0.39, 0.29) is 11.6 Å². The van der Waals surface area contributed by atoms with Crippen molar-refractivity contribution in [1.29, 1.82) is 0 Å². The van der Waals surface area contributed by atoms with Crippen molar-refractivity contribution in [3.05, 3.63) is 52.4 Å². The van der Waals surface area contributed by atoms with Crippen molar-refractivity contribution in [3.8, 4) is 11.4 Å². The van der Waals surface area contributed by atoms with Crippen LogP contribution in [-0.4, -0.2) is 35.6 Å². The zero-order valence-corrected chi connectivity index (χ0v) is 11.9. The molecular formula is C15H17N3O3. The minimum absolute atomic E-state index is 0.0161. The van der Waals surface area contributed by atoms with Gasteiger partial charge in [0.25, 0.3) is 11.5 Å². The highest BCUT2D eigenvalue weighted by molar-refractivity contribution is 5.93. The molecule has 6 heteroatoms. The molecule has 1 heterocycles. The van der Waals surface area contributed by atoms with Gasteiger partial charge in [-0.25, -0.2) is 4.98 Å². The van der Waals surface area contributed by atoms with Crippen LogP contribution in [0, 0.1) is 0 Å². The molecule has 1 aromatic heterocycles. The fourth-order valence-corrected chi connectivity index (χ4v) is 1.89. The number of aromatic nitrogens is 2. The summed E-state index contributed by atoms with van der Waals surface area (Å²) in [5.41, 5.74) is 0.304. The lowest BCUT2D eigenvalue weighted by atomic mass is 10.2. The monoisotopic (exact) mass is 287 g/mol. The predicted molar refractivity (Wildman–Crippen MR) is 79.1 cm³/mol. The van der Waals surface area contributed by atoms with Gasteiger partial charge in [0.15, 0.2) is 0 Å². The molecule has 0 radical (unpaired) electrons. The second-order valence-electron chi connectivity index (χ2n) is 4.67. The zero-order valence-electron chi connectivity index (χ0n) is 11.9. The third-order valence-electron chi connectivity index (χ3n) is 2.89. The Hall–Kier alpha value is -2.47. The van der Waals surface area contributed by atoms with Crippen molar-refractivity contribution < 1.29 is 9.53 Å². The Morgan fingerprint density at radius 3 is 2.71 bits per heavy atom. The third kappa shape index (κ3) is 3.76. The maximum Gasteiger partial charge on any atom is 0.264 e. The van der Waals surface area contributed by atoms with E-state index in [0.29, 0.717) is 12.4 Å². The highest BCUT2D eigenvalue weighted by Crippen LogP contribution is 2.11. The average Bonchev–Trinajstić information content (AvgIpc) is 2.48. The molecule has 0 aliphatic rings. The summed E-state index contributed by atoms with van der Waals surface area (Å²) in [5.74, 6) is -0.0324. The van der Waals surface area contributed by atoms with Crippen LogP contribution in [0.3, 0.4) is 0 Å². The van der Waals surface area contributed by atoms with Gasteiger partial charge in [-0.3, -0.25) is 9.59 Å². The number of amides is 1. The van der Waals surface area contributed by atoms with Crippen molar-refractivity contribution in [3.63, 3.8) is 0 Å². The number of nitrogens with zero attached hydrogens (tertiary/aromatic N) is 1. The number of carbonyl (C=O) groups excluding carboxylic acids is 1. The van der Waals surface area contributed by atoms with Gasteiger partial charge in [-0.05, 0) is 6.92 Å². The number of benzene rings is 1. The molecule has 6 nitrogen and oxygen atoms in total. The van der Waals surface area contributed by atoms with Crippen molar-refractivity contribution in [2.24, 2.45) is 0 Å². The molecule has 2 N–H and O–H groups in total. The molecule has 0 saturated heterocycles. The Kier molecular flexibility index (Phi) is 4.84. The fourth-order valence-electron chi connectivity index (χ4n) is 1.89. The number of hydrogen-bond acceptors (Lipinski definition) is 4. The molecule has 0 unspecified atom stereocenters. The van der Waals surface area contributed by atoms with Gasteiger partial charge in [0, 0.05) is 24.9 Å². The van der Waals surface area contributed by atoms with Crippen molar-refractivity contribution in [1.82, 2.24) is 15.3 Å². The van der Waals surface area contributed by atoms with Gasteiger partial charge in [-0.1, -0.05) is 30.3 Å². The molecule has 0 aliphatic heterocycles. The lowest BCUT2D eigenvalue weighted by Gasteiger charge is -2.12. The summed E-state index contributed by atoms with van der Waals surface area (Å²) in [6, 6.07) is 9.05. The number of rotatable bonds is 5. The second kappa shape index (κ2) is 6.81. The Morgan fingerprint density at radius 1 is 1.38 bits per heavy atom. The third-order valence-corrected chi connectivity index (χ3v) is 2.89. The molecular weight excluding hydrogens is 270 g/mol. The van der Waals surface area contributed by atoms with E-state index in [1.54, 1.807) is 14.0 Å². The largest absolute Gasteiger partial charge is 0.383 e. The smallest absolute Gasteiger partial charge is 0.264 e. The zero-order chi connectivity index (χ0) is 15.2. The van der Waals surface area contributed by atoms with Crippen molar-refractivity contribution in [2.45, 2.75) is 13.0 Å². The summed E-state index contributed by atoms with van der Waals surface area (Å²) >= 11 is 0. The molecule has 0 saturated carbocycles. The molecule has 2 aromatic rings. The van der Waals surface area contributed by atoms with Crippen LogP contribution in [0.4, 0.5) is 0 Å². The van der Waals surface area contributed by atoms with E-state index < -0.39 is 11.5 Å². The van der Waals surface area contributed by atoms with Gasteiger partial charge in [-0.2, -0.15) is 0 Å². The Bertz CT molecular complexity index is 667. The molecule has 1 atom stereocenters. The average molecular weight is 287 g/mol. The van der Waals surface area contributed by atoms with E-state index in [9.17, 15) is 9.59 Å². The van der Waals surface area contributed by atoms with Crippen LogP contribution < -0.4 is 10.9 Å². The van der Waals surface area contributed by atoms with E-state index >= 15 is 0 Å². The normalized spacial score (nSPS) is 11.9. The van der Waals surface area contributed by atoms with Crippen LogP contribution in [0.15, 0.2) is 41.3 Å². The summed E-state index contributed by atoms with van der Waals surface area (Å²) < 4.78 is 4.93. The number of nitrogens with one attached hydrogen (secondary N) is 2. The molecule has 0 fully saturated rings. The molecule has 21 heavy (non-hydrogen) atoms. The summed E-state index contributed by atoms with van der Waals surface area (Å²) in [4.78, 5) is 30.7. The van der Waals surface area contributed by atoms with Gasteiger partial charge >= 0.3 is 0 Å². The fraction of sp³-hybridized carbons (Fsp3) is 0.267. The number of hydrogen-bond donors (Lipinski definition) is 2. The first-order valence-corrected chi connectivity index (χ1v) is 6.56. The maximum atomic E-state index is 12.0. The quantitative estimate of drug-likeness (QED) is 0.865.